The second-order valence-electron chi connectivity index (χ2n) is 5.24. The number of anilines is 1. The molecule has 1 aliphatic heterocycles. The zero-order valence-corrected chi connectivity index (χ0v) is 14.1. The molecule has 1 amide bonds. The van der Waals surface area contributed by atoms with Crippen LogP contribution in [0.15, 0.2) is 52.3 Å². The fraction of sp³-hybridized carbons (Fsp3) is 0.278. The van der Waals surface area contributed by atoms with Crippen molar-refractivity contribution in [1.29, 1.82) is 0 Å². The first-order chi connectivity index (χ1) is 11.3. The number of ether oxygens (including phenoxy) is 2. The predicted molar refractivity (Wildman–Crippen MR) is 92.8 cm³/mol. The largest absolute Gasteiger partial charge is 0.497 e. The average Bonchev–Trinajstić information content (AvgIpc) is 2.80. The number of fused-ring (bicyclic) bond motifs is 1. The number of hydrogen-bond acceptors (Lipinski definition) is 3. The third-order valence-corrected chi connectivity index (χ3v) is 6.36. The summed E-state index contributed by atoms with van der Waals surface area (Å²) in [6, 6.07) is 14.3. The molecule has 1 aliphatic rings. The number of benzene rings is 2. The van der Waals surface area contributed by atoms with Crippen LogP contribution in [0.1, 0.15) is 6.42 Å². The summed E-state index contributed by atoms with van der Waals surface area (Å²) in [6.45, 7) is 0.711. The van der Waals surface area contributed by atoms with Crippen molar-refractivity contribution in [3.63, 3.8) is 0 Å². The van der Waals surface area contributed by atoms with Gasteiger partial charge in [0.05, 0.1) is 25.1 Å². The van der Waals surface area contributed by atoms with Crippen LogP contribution in [-0.4, -0.2) is 32.9 Å². The van der Waals surface area contributed by atoms with E-state index in [2.05, 4.69) is 24.3 Å². The monoisotopic (exact) mass is 330 g/mol. The fourth-order valence-electron chi connectivity index (χ4n) is 2.83. The highest BCUT2D eigenvalue weighted by Crippen LogP contribution is 2.43. The summed E-state index contributed by atoms with van der Waals surface area (Å²) in [4.78, 5) is 15.7. The van der Waals surface area contributed by atoms with Gasteiger partial charge in [-0.1, -0.05) is 18.2 Å². The minimum atomic E-state index is -0.125. The Morgan fingerprint density at radius 3 is 2.57 bits per heavy atom. The second kappa shape index (κ2) is 6.96. The van der Waals surface area contributed by atoms with Gasteiger partial charge in [-0.3, -0.25) is 4.79 Å². The Bertz CT molecular complexity index is 690. The van der Waals surface area contributed by atoms with Crippen molar-refractivity contribution >= 4 is 23.0 Å². The van der Waals surface area contributed by atoms with Gasteiger partial charge < -0.3 is 14.4 Å². The molecule has 1 heterocycles. The van der Waals surface area contributed by atoms with E-state index < -0.39 is 0 Å². The van der Waals surface area contributed by atoms with Crippen molar-refractivity contribution in [1.82, 2.24) is 0 Å². The first kappa shape index (κ1) is 15.7. The molecular formula is C18H20NO3S+. The van der Waals surface area contributed by atoms with E-state index in [0.29, 0.717) is 12.3 Å². The number of rotatable bonds is 4. The molecule has 1 unspecified atom stereocenters. The molecule has 120 valence electrons. The Hall–Kier alpha value is -2.14. The van der Waals surface area contributed by atoms with Crippen molar-refractivity contribution in [3.8, 4) is 11.5 Å². The lowest BCUT2D eigenvalue weighted by Gasteiger charge is -2.18. The van der Waals surface area contributed by atoms with Crippen molar-refractivity contribution in [2.75, 3.05) is 31.4 Å². The zero-order valence-electron chi connectivity index (χ0n) is 13.3. The highest BCUT2D eigenvalue weighted by Gasteiger charge is 2.37. The molecule has 1 atom stereocenters. The summed E-state index contributed by atoms with van der Waals surface area (Å²) in [6.07, 6.45) is 1.85. The van der Waals surface area contributed by atoms with Gasteiger partial charge in [0.15, 0.2) is 10.6 Å². The Balaban J connectivity index is 2.22. The molecular weight excluding hydrogens is 310 g/mol. The van der Waals surface area contributed by atoms with Crippen LogP contribution in [0.3, 0.4) is 0 Å². The maximum atomic E-state index is 11.6. The minimum absolute atomic E-state index is 0.125. The molecule has 23 heavy (non-hydrogen) atoms. The Labute approximate surface area is 139 Å². The van der Waals surface area contributed by atoms with Gasteiger partial charge in [0.1, 0.15) is 17.2 Å². The lowest BCUT2D eigenvalue weighted by atomic mass is 10.2. The lowest BCUT2D eigenvalue weighted by Crippen LogP contribution is -2.22. The van der Waals surface area contributed by atoms with E-state index >= 15 is 0 Å². The number of carbonyl (C=O) groups is 1. The van der Waals surface area contributed by atoms with Crippen molar-refractivity contribution in [3.05, 3.63) is 42.5 Å². The molecule has 5 heteroatoms. The quantitative estimate of drug-likeness (QED) is 0.639. The highest BCUT2D eigenvalue weighted by atomic mass is 32.2. The average molecular weight is 330 g/mol. The van der Waals surface area contributed by atoms with Crippen molar-refractivity contribution in [2.45, 2.75) is 16.2 Å². The summed E-state index contributed by atoms with van der Waals surface area (Å²) in [5, 5.41) is 0. The normalized spacial score (nSPS) is 17.1. The van der Waals surface area contributed by atoms with Gasteiger partial charge in [0.2, 0.25) is 11.3 Å². The standard InChI is InChI=1S/C18H20NO3S/c1-21-14-11-16-18(17(12-14)22-2)23(10-6-9-19(16)13-20)15-7-4-3-5-8-15/h3-5,7-8,11-13H,6,9-10H2,1-2H3/q+1. The summed E-state index contributed by atoms with van der Waals surface area (Å²) >= 11 is 0. The van der Waals surface area contributed by atoms with Gasteiger partial charge in [-0.25, -0.2) is 0 Å². The van der Waals surface area contributed by atoms with Crippen LogP contribution < -0.4 is 14.4 Å². The highest BCUT2D eigenvalue weighted by molar-refractivity contribution is 7.97. The summed E-state index contributed by atoms with van der Waals surface area (Å²) in [5.41, 5.74) is 0.890. The molecule has 0 aromatic heterocycles. The van der Waals surface area contributed by atoms with Crippen LogP contribution in [0.2, 0.25) is 0 Å². The van der Waals surface area contributed by atoms with Gasteiger partial charge in [-0.05, 0) is 12.1 Å². The van der Waals surface area contributed by atoms with Gasteiger partial charge in [-0.15, -0.1) is 0 Å². The maximum absolute atomic E-state index is 11.6. The molecule has 0 N–H and O–H groups in total. The molecule has 0 radical (unpaired) electrons. The Morgan fingerprint density at radius 1 is 1.13 bits per heavy atom. The third kappa shape index (κ3) is 3.01. The maximum Gasteiger partial charge on any atom is 0.226 e. The molecule has 3 rings (SSSR count). The Morgan fingerprint density at radius 2 is 1.91 bits per heavy atom. The third-order valence-electron chi connectivity index (χ3n) is 3.92. The lowest BCUT2D eigenvalue weighted by molar-refractivity contribution is -0.107. The van der Waals surface area contributed by atoms with Crippen molar-refractivity contribution < 1.29 is 14.3 Å². The summed E-state index contributed by atoms with van der Waals surface area (Å²) in [7, 11) is 3.16. The number of amides is 1. The van der Waals surface area contributed by atoms with Crippen LogP contribution in [0.25, 0.3) is 0 Å². The molecule has 0 bridgehead atoms. The zero-order chi connectivity index (χ0) is 16.2. The summed E-state index contributed by atoms with van der Waals surface area (Å²) in [5.74, 6) is 2.48. The topological polar surface area (TPSA) is 38.8 Å². The molecule has 2 aromatic carbocycles. The molecule has 0 fully saturated rings. The van der Waals surface area contributed by atoms with Crippen LogP contribution in [0.5, 0.6) is 11.5 Å². The van der Waals surface area contributed by atoms with E-state index in [-0.39, 0.29) is 10.9 Å². The van der Waals surface area contributed by atoms with Gasteiger partial charge >= 0.3 is 0 Å². The molecule has 0 aliphatic carbocycles. The fourth-order valence-corrected chi connectivity index (χ4v) is 5.22. The van der Waals surface area contributed by atoms with E-state index in [4.69, 9.17) is 9.47 Å². The van der Waals surface area contributed by atoms with Crippen LogP contribution in [-0.2, 0) is 15.7 Å². The second-order valence-corrected chi connectivity index (χ2v) is 7.31. The van der Waals surface area contributed by atoms with Crippen LogP contribution >= 0.6 is 0 Å². The first-order valence-corrected chi connectivity index (χ1v) is 8.91. The number of methoxy groups -OCH3 is 2. The molecule has 2 aromatic rings. The molecule has 4 nitrogen and oxygen atoms in total. The van der Waals surface area contributed by atoms with Crippen LogP contribution in [0, 0.1) is 0 Å². The SMILES string of the molecule is COc1cc(OC)c2c(c1)N(C=O)CCC[S+]2c1ccccc1. The van der Waals surface area contributed by atoms with Crippen molar-refractivity contribution in [2.24, 2.45) is 0 Å². The van der Waals surface area contributed by atoms with Gasteiger partial charge in [0, 0.05) is 25.1 Å². The number of carbonyl (C=O) groups excluding carboxylic acids is 1. The number of hydrogen-bond donors (Lipinski definition) is 0. The molecule has 0 saturated carbocycles. The van der Waals surface area contributed by atoms with E-state index in [1.807, 2.05) is 18.2 Å². The summed E-state index contributed by atoms with van der Waals surface area (Å²) < 4.78 is 11.0. The minimum Gasteiger partial charge on any atom is -0.497 e. The van der Waals surface area contributed by atoms with E-state index in [1.54, 1.807) is 19.1 Å². The van der Waals surface area contributed by atoms with Crippen LogP contribution in [0.4, 0.5) is 5.69 Å². The predicted octanol–water partition coefficient (Wildman–Crippen LogP) is 3.11. The molecule has 0 spiro atoms. The van der Waals surface area contributed by atoms with E-state index in [0.717, 1.165) is 34.9 Å². The van der Waals surface area contributed by atoms with Gasteiger partial charge in [0.25, 0.3) is 0 Å². The smallest absolute Gasteiger partial charge is 0.226 e. The molecule has 0 saturated heterocycles. The van der Waals surface area contributed by atoms with Gasteiger partial charge in [-0.2, -0.15) is 0 Å². The first-order valence-electron chi connectivity index (χ1n) is 7.52. The number of nitrogens with zero attached hydrogens (tertiary/aromatic N) is 1. The van der Waals surface area contributed by atoms with E-state index in [9.17, 15) is 4.79 Å². The van der Waals surface area contributed by atoms with E-state index in [1.165, 1.54) is 4.90 Å². The Kier molecular flexibility index (Phi) is 4.76.